The van der Waals surface area contributed by atoms with Crippen LogP contribution in [-0.4, -0.2) is 26.1 Å². The van der Waals surface area contributed by atoms with Crippen molar-refractivity contribution in [2.75, 3.05) is 20.1 Å². The lowest BCUT2D eigenvalue weighted by Crippen LogP contribution is -2.38. The molecule has 1 aromatic rings. The van der Waals surface area contributed by atoms with Crippen molar-refractivity contribution in [1.29, 1.82) is 0 Å². The summed E-state index contributed by atoms with van der Waals surface area (Å²) in [6.45, 7) is 1.79. The van der Waals surface area contributed by atoms with Gasteiger partial charge in [-0.1, -0.05) is 22.0 Å². The van der Waals surface area contributed by atoms with Crippen molar-refractivity contribution in [3.63, 3.8) is 0 Å². The van der Waals surface area contributed by atoms with Gasteiger partial charge in [-0.15, -0.1) is 24.0 Å². The summed E-state index contributed by atoms with van der Waals surface area (Å²) in [7, 11) is 1.77. The van der Waals surface area contributed by atoms with E-state index in [1.54, 1.807) is 7.05 Å². The van der Waals surface area contributed by atoms with Crippen LogP contribution < -0.4 is 10.6 Å². The van der Waals surface area contributed by atoms with Gasteiger partial charge in [0.2, 0.25) is 0 Å². The molecule has 0 spiro atoms. The molecule has 6 heteroatoms. The average molecular weight is 470 g/mol. The van der Waals surface area contributed by atoms with E-state index in [1.165, 1.54) is 18.9 Å². The molecule has 0 bridgehead atoms. The maximum absolute atomic E-state index is 13.6. The molecule has 1 aliphatic rings. The molecule has 1 aromatic carbocycles. The van der Waals surface area contributed by atoms with Gasteiger partial charge in [-0.3, -0.25) is 4.99 Å². The monoisotopic (exact) mass is 469 g/mol. The Labute approximate surface area is 151 Å². The Morgan fingerprint density at radius 3 is 2.76 bits per heavy atom. The molecule has 1 aliphatic carbocycles. The van der Waals surface area contributed by atoms with Gasteiger partial charge in [0.15, 0.2) is 5.96 Å². The molecule has 0 unspecified atom stereocenters. The van der Waals surface area contributed by atoms with E-state index in [4.69, 9.17) is 0 Å². The summed E-state index contributed by atoms with van der Waals surface area (Å²) in [5, 5.41) is 6.57. The first-order valence-electron chi connectivity index (χ1n) is 7.07. The van der Waals surface area contributed by atoms with Gasteiger partial charge in [-0.25, -0.2) is 4.39 Å². The number of halogens is 3. The fourth-order valence-electron chi connectivity index (χ4n) is 1.99. The Hall–Kier alpha value is -0.370. The third-order valence-corrected chi connectivity index (χ3v) is 3.90. The first-order chi connectivity index (χ1) is 9.69. The van der Waals surface area contributed by atoms with Crippen molar-refractivity contribution in [2.45, 2.75) is 25.7 Å². The van der Waals surface area contributed by atoms with Gasteiger partial charge in [0.1, 0.15) is 5.82 Å². The molecular weight excluding hydrogens is 448 g/mol. The minimum absolute atomic E-state index is 0. The number of rotatable bonds is 6. The van der Waals surface area contributed by atoms with Crippen molar-refractivity contribution in [3.05, 3.63) is 34.1 Å². The number of aliphatic imine (C=N–C) groups is 1. The van der Waals surface area contributed by atoms with E-state index in [2.05, 4.69) is 31.6 Å². The van der Waals surface area contributed by atoms with E-state index in [-0.39, 0.29) is 29.8 Å². The Balaban J connectivity index is 0.00000220. The highest BCUT2D eigenvalue weighted by Crippen LogP contribution is 2.27. The minimum atomic E-state index is -0.143. The van der Waals surface area contributed by atoms with Crippen LogP contribution in [0.2, 0.25) is 0 Å². The predicted molar refractivity (Wildman–Crippen MR) is 99.9 cm³/mol. The van der Waals surface area contributed by atoms with E-state index in [1.807, 2.05) is 12.1 Å². The zero-order valence-electron chi connectivity index (χ0n) is 12.2. The van der Waals surface area contributed by atoms with Crippen LogP contribution in [0.4, 0.5) is 4.39 Å². The molecule has 21 heavy (non-hydrogen) atoms. The maximum atomic E-state index is 13.6. The van der Waals surface area contributed by atoms with Crippen molar-refractivity contribution >= 4 is 45.9 Å². The zero-order chi connectivity index (χ0) is 14.4. The van der Waals surface area contributed by atoms with Gasteiger partial charge in [0.25, 0.3) is 0 Å². The van der Waals surface area contributed by atoms with Crippen LogP contribution in [0.5, 0.6) is 0 Å². The highest BCUT2D eigenvalue weighted by molar-refractivity contribution is 14.0. The first kappa shape index (κ1) is 18.7. The number of nitrogens with one attached hydrogen (secondary N) is 2. The second-order valence-corrected chi connectivity index (χ2v) is 6.08. The number of guanidine groups is 1. The predicted octanol–water partition coefficient (Wildman–Crippen LogP) is 3.71. The van der Waals surface area contributed by atoms with Crippen molar-refractivity contribution in [3.8, 4) is 0 Å². The molecule has 0 saturated heterocycles. The largest absolute Gasteiger partial charge is 0.356 e. The Morgan fingerprint density at radius 2 is 2.14 bits per heavy atom. The van der Waals surface area contributed by atoms with Crippen LogP contribution in [0.3, 0.4) is 0 Å². The van der Waals surface area contributed by atoms with Crippen LogP contribution in [0.25, 0.3) is 0 Å². The summed E-state index contributed by atoms with van der Waals surface area (Å²) in [4.78, 5) is 4.18. The zero-order valence-corrected chi connectivity index (χ0v) is 16.1. The van der Waals surface area contributed by atoms with Crippen LogP contribution >= 0.6 is 39.9 Å². The number of hydrogen-bond donors (Lipinski definition) is 2. The molecule has 0 radical (unpaired) electrons. The average Bonchev–Trinajstić information content (AvgIpc) is 3.24. The second-order valence-electron chi connectivity index (χ2n) is 5.16. The quantitative estimate of drug-likeness (QED) is 0.288. The standard InChI is InChI=1S/C15H21BrFN3.HI/c1-18-15(20-10-11-4-5-11)19-8-2-3-12-6-7-13(16)9-14(12)17;/h6-7,9,11H,2-5,8,10H2,1H3,(H2,18,19,20);1H. The molecule has 118 valence electrons. The van der Waals surface area contributed by atoms with Crippen LogP contribution in [0, 0.1) is 11.7 Å². The van der Waals surface area contributed by atoms with E-state index in [0.29, 0.717) is 0 Å². The highest BCUT2D eigenvalue weighted by atomic mass is 127. The van der Waals surface area contributed by atoms with Gasteiger partial charge < -0.3 is 10.6 Å². The van der Waals surface area contributed by atoms with Crippen molar-refractivity contribution in [1.82, 2.24) is 10.6 Å². The van der Waals surface area contributed by atoms with Gasteiger partial charge in [-0.2, -0.15) is 0 Å². The molecule has 0 aromatic heterocycles. The molecule has 2 rings (SSSR count). The summed E-state index contributed by atoms with van der Waals surface area (Å²) >= 11 is 3.26. The van der Waals surface area contributed by atoms with Gasteiger partial charge in [0.05, 0.1) is 0 Å². The lowest BCUT2D eigenvalue weighted by atomic mass is 10.1. The van der Waals surface area contributed by atoms with E-state index >= 15 is 0 Å². The molecule has 3 nitrogen and oxygen atoms in total. The number of aryl methyl sites for hydroxylation is 1. The van der Waals surface area contributed by atoms with Gasteiger partial charge in [-0.05, 0) is 49.3 Å². The highest BCUT2D eigenvalue weighted by Gasteiger charge is 2.20. The molecule has 1 fully saturated rings. The summed E-state index contributed by atoms with van der Waals surface area (Å²) in [5.41, 5.74) is 0.760. The Bertz CT molecular complexity index is 478. The topological polar surface area (TPSA) is 36.4 Å². The Morgan fingerprint density at radius 1 is 1.38 bits per heavy atom. The molecule has 2 N–H and O–H groups in total. The summed E-state index contributed by atoms with van der Waals surface area (Å²) < 4.78 is 14.4. The molecule has 1 saturated carbocycles. The molecule has 0 atom stereocenters. The van der Waals surface area contributed by atoms with Crippen LogP contribution in [0.1, 0.15) is 24.8 Å². The summed E-state index contributed by atoms with van der Waals surface area (Å²) in [5.74, 6) is 1.52. The van der Waals surface area contributed by atoms with Crippen LogP contribution in [-0.2, 0) is 6.42 Å². The smallest absolute Gasteiger partial charge is 0.190 e. The van der Waals surface area contributed by atoms with E-state index in [9.17, 15) is 4.39 Å². The van der Waals surface area contributed by atoms with Crippen molar-refractivity contribution < 1.29 is 4.39 Å². The lowest BCUT2D eigenvalue weighted by molar-refractivity contribution is 0.601. The third kappa shape index (κ3) is 6.95. The number of benzene rings is 1. The first-order valence-corrected chi connectivity index (χ1v) is 7.87. The SMILES string of the molecule is CN=C(NCCCc1ccc(Br)cc1F)NCC1CC1.I. The number of nitrogens with zero attached hydrogens (tertiary/aromatic N) is 1. The van der Waals surface area contributed by atoms with E-state index < -0.39 is 0 Å². The molecular formula is C15H22BrFIN3. The van der Waals surface area contributed by atoms with Gasteiger partial charge in [0, 0.05) is 24.6 Å². The third-order valence-electron chi connectivity index (χ3n) is 3.41. The fourth-order valence-corrected chi connectivity index (χ4v) is 2.33. The van der Waals surface area contributed by atoms with E-state index in [0.717, 1.165) is 47.8 Å². The van der Waals surface area contributed by atoms with Crippen LogP contribution in [0.15, 0.2) is 27.7 Å². The number of hydrogen-bond acceptors (Lipinski definition) is 1. The minimum Gasteiger partial charge on any atom is -0.356 e. The second kappa shape index (κ2) is 9.61. The summed E-state index contributed by atoms with van der Waals surface area (Å²) in [6.07, 6.45) is 4.26. The van der Waals surface area contributed by atoms with Crippen molar-refractivity contribution in [2.24, 2.45) is 10.9 Å². The molecule has 0 amide bonds. The molecule has 0 heterocycles. The summed E-state index contributed by atoms with van der Waals surface area (Å²) in [6, 6.07) is 5.22. The molecule has 0 aliphatic heterocycles. The van der Waals surface area contributed by atoms with Gasteiger partial charge >= 0.3 is 0 Å². The lowest BCUT2D eigenvalue weighted by Gasteiger charge is -2.11. The Kier molecular flexibility index (Phi) is 8.55. The maximum Gasteiger partial charge on any atom is 0.190 e. The normalized spacial score (nSPS) is 14.5. The fraction of sp³-hybridized carbons (Fsp3) is 0.533.